The Morgan fingerprint density at radius 1 is 1.29 bits per heavy atom. The number of amides is 1. The molecule has 8 nitrogen and oxygen atoms in total. The zero-order chi connectivity index (χ0) is 15.7. The van der Waals surface area contributed by atoms with Gasteiger partial charge in [-0.2, -0.15) is 0 Å². The van der Waals surface area contributed by atoms with Gasteiger partial charge >= 0.3 is 0 Å². The van der Waals surface area contributed by atoms with Gasteiger partial charge in [-0.1, -0.05) is 26.8 Å². The molecular formula is C11H14N4O4S2. The predicted octanol–water partition coefficient (Wildman–Crippen LogP) is 1.92. The zero-order valence-corrected chi connectivity index (χ0v) is 13.2. The van der Waals surface area contributed by atoms with Crippen molar-refractivity contribution in [3.05, 3.63) is 17.5 Å². The topological polar surface area (TPSA) is 114 Å². The minimum atomic E-state index is -3.78. The molecule has 2 rings (SSSR count). The van der Waals surface area contributed by atoms with E-state index in [1.54, 1.807) is 32.2 Å². The molecule has 10 heteroatoms. The first-order chi connectivity index (χ1) is 9.70. The van der Waals surface area contributed by atoms with Gasteiger partial charge in [0.25, 0.3) is 10.0 Å². The maximum Gasteiger partial charge on any atom is 0.272 e. The second-order valence-corrected chi connectivity index (χ2v) is 8.06. The summed E-state index contributed by atoms with van der Waals surface area (Å²) in [5, 5.41) is 11.1. The summed E-state index contributed by atoms with van der Waals surface area (Å²) >= 11 is 1.06. The summed E-state index contributed by atoms with van der Waals surface area (Å²) in [6.07, 6.45) is 0. The smallest absolute Gasteiger partial charge is 0.272 e. The highest BCUT2D eigenvalue weighted by molar-refractivity contribution is 7.94. The molecule has 1 amide bonds. The second kappa shape index (κ2) is 5.45. The molecule has 114 valence electrons. The molecule has 2 N–H and O–H groups in total. The number of thiophene rings is 1. The fourth-order valence-electron chi connectivity index (χ4n) is 1.23. The minimum absolute atomic E-state index is 0.0740. The molecule has 0 aromatic carbocycles. The van der Waals surface area contributed by atoms with E-state index in [4.69, 9.17) is 0 Å². The average molecular weight is 330 g/mol. The molecule has 0 fully saturated rings. The van der Waals surface area contributed by atoms with Gasteiger partial charge in [0.15, 0.2) is 0 Å². The van der Waals surface area contributed by atoms with Gasteiger partial charge < -0.3 is 5.32 Å². The van der Waals surface area contributed by atoms with Crippen LogP contribution in [0.5, 0.6) is 0 Å². The molecular weight excluding hydrogens is 316 g/mol. The summed E-state index contributed by atoms with van der Waals surface area (Å²) in [6, 6.07) is 3.07. The van der Waals surface area contributed by atoms with E-state index in [0.717, 1.165) is 11.3 Å². The van der Waals surface area contributed by atoms with Gasteiger partial charge in [0.2, 0.25) is 17.5 Å². The number of carbonyl (C=O) groups is 1. The molecule has 2 heterocycles. The lowest BCUT2D eigenvalue weighted by atomic mass is 9.96. The predicted molar refractivity (Wildman–Crippen MR) is 77.5 cm³/mol. The number of anilines is 2. The third-order valence-corrected chi connectivity index (χ3v) is 5.13. The van der Waals surface area contributed by atoms with Crippen LogP contribution >= 0.6 is 11.3 Å². The van der Waals surface area contributed by atoms with E-state index in [2.05, 4.69) is 25.0 Å². The summed E-state index contributed by atoms with van der Waals surface area (Å²) in [6.45, 7) is 5.14. The van der Waals surface area contributed by atoms with Gasteiger partial charge in [-0.15, -0.1) is 11.3 Å². The van der Waals surface area contributed by atoms with Crippen molar-refractivity contribution >= 4 is 38.9 Å². The monoisotopic (exact) mass is 330 g/mol. The highest BCUT2D eigenvalue weighted by Gasteiger charge is 2.26. The van der Waals surface area contributed by atoms with E-state index in [1.165, 1.54) is 6.07 Å². The Hall–Kier alpha value is -1.94. The largest absolute Gasteiger partial charge is 0.304 e. The number of hydrogen-bond acceptors (Lipinski definition) is 7. The first kappa shape index (κ1) is 15.4. The van der Waals surface area contributed by atoms with Gasteiger partial charge in [0.05, 0.1) is 0 Å². The van der Waals surface area contributed by atoms with E-state index in [1.807, 2.05) is 0 Å². The molecule has 0 aliphatic rings. The van der Waals surface area contributed by atoms with Crippen molar-refractivity contribution in [1.29, 1.82) is 0 Å². The lowest BCUT2D eigenvalue weighted by Gasteiger charge is -2.16. The van der Waals surface area contributed by atoms with Crippen LogP contribution in [0.2, 0.25) is 0 Å². The van der Waals surface area contributed by atoms with Crippen molar-refractivity contribution in [3.8, 4) is 0 Å². The highest BCUT2D eigenvalue weighted by atomic mass is 32.2. The summed E-state index contributed by atoms with van der Waals surface area (Å²) < 4.78 is 31.0. The molecule has 0 saturated heterocycles. The number of nitrogens with zero attached hydrogens (tertiary/aromatic N) is 2. The van der Waals surface area contributed by atoms with Gasteiger partial charge in [0.1, 0.15) is 4.21 Å². The van der Waals surface area contributed by atoms with Crippen LogP contribution in [-0.2, 0) is 14.8 Å². The van der Waals surface area contributed by atoms with Crippen LogP contribution in [0, 0.1) is 5.41 Å². The Morgan fingerprint density at radius 3 is 2.52 bits per heavy atom. The fraction of sp³-hybridized carbons (Fsp3) is 0.364. The van der Waals surface area contributed by atoms with E-state index < -0.39 is 15.4 Å². The van der Waals surface area contributed by atoms with E-state index in [9.17, 15) is 13.2 Å². The minimum Gasteiger partial charge on any atom is -0.304 e. The maximum absolute atomic E-state index is 12.1. The first-order valence-electron chi connectivity index (χ1n) is 5.90. The molecule has 0 aliphatic carbocycles. The van der Waals surface area contributed by atoms with Crippen LogP contribution in [0.15, 0.2) is 26.4 Å². The van der Waals surface area contributed by atoms with Gasteiger partial charge in [-0.25, -0.2) is 13.0 Å². The summed E-state index contributed by atoms with van der Waals surface area (Å²) in [5.74, 6) is -0.578. The Labute approximate surface area is 125 Å². The summed E-state index contributed by atoms with van der Waals surface area (Å²) in [5.41, 5.74) is -0.664. The van der Waals surface area contributed by atoms with Crippen molar-refractivity contribution in [1.82, 2.24) is 10.3 Å². The van der Waals surface area contributed by atoms with E-state index in [-0.39, 0.29) is 21.8 Å². The molecule has 0 atom stereocenters. The zero-order valence-electron chi connectivity index (χ0n) is 11.6. The highest BCUT2D eigenvalue weighted by Crippen LogP contribution is 2.24. The number of hydrogen-bond donors (Lipinski definition) is 2. The van der Waals surface area contributed by atoms with E-state index >= 15 is 0 Å². The van der Waals surface area contributed by atoms with Crippen LogP contribution in [-0.4, -0.2) is 24.6 Å². The summed E-state index contributed by atoms with van der Waals surface area (Å²) in [4.78, 5) is 11.9. The second-order valence-electron chi connectivity index (χ2n) is 5.20. The first-order valence-corrected chi connectivity index (χ1v) is 8.27. The lowest BCUT2D eigenvalue weighted by molar-refractivity contribution is -0.123. The van der Waals surface area contributed by atoms with Crippen LogP contribution in [0.4, 0.5) is 11.6 Å². The Morgan fingerprint density at radius 2 is 1.95 bits per heavy atom. The quantitative estimate of drug-likeness (QED) is 0.885. The Kier molecular flexibility index (Phi) is 4.01. The number of carbonyl (C=O) groups excluding carboxylic acids is 1. The number of rotatable bonds is 4. The fourth-order valence-corrected chi connectivity index (χ4v) is 3.22. The van der Waals surface area contributed by atoms with Crippen molar-refractivity contribution in [2.24, 2.45) is 5.41 Å². The van der Waals surface area contributed by atoms with Crippen LogP contribution < -0.4 is 10.0 Å². The van der Waals surface area contributed by atoms with Crippen molar-refractivity contribution in [2.75, 3.05) is 10.0 Å². The van der Waals surface area contributed by atoms with Crippen LogP contribution in [0.1, 0.15) is 20.8 Å². The standard InChI is InChI=1S/C11H14N4O4S2/c1-11(2,3)10(16)12-8-9(14-19-13-8)15-21(17,18)7-5-4-6-20-7/h4-6H,1-3H3,(H,14,15)(H,12,13,16). The lowest BCUT2D eigenvalue weighted by Crippen LogP contribution is -2.28. The SMILES string of the molecule is CC(C)(C)C(=O)Nc1nonc1NS(=O)(=O)c1cccs1. The molecule has 0 saturated carbocycles. The van der Waals surface area contributed by atoms with E-state index in [0.29, 0.717) is 0 Å². The van der Waals surface area contributed by atoms with Gasteiger partial charge in [0, 0.05) is 5.41 Å². The molecule has 21 heavy (non-hydrogen) atoms. The maximum atomic E-state index is 12.1. The van der Waals surface area contributed by atoms with Gasteiger partial charge in [-0.05, 0) is 21.8 Å². The molecule has 0 unspecified atom stereocenters. The molecule has 0 spiro atoms. The van der Waals surface area contributed by atoms with Crippen molar-refractivity contribution < 1.29 is 17.8 Å². The molecule has 0 radical (unpaired) electrons. The van der Waals surface area contributed by atoms with Crippen molar-refractivity contribution in [2.45, 2.75) is 25.0 Å². The van der Waals surface area contributed by atoms with Gasteiger partial charge in [-0.3, -0.25) is 9.52 Å². The molecule has 2 aromatic rings. The van der Waals surface area contributed by atoms with Crippen LogP contribution in [0.3, 0.4) is 0 Å². The molecule has 0 aliphatic heterocycles. The normalized spacial score (nSPS) is 12.1. The Balaban J connectivity index is 2.20. The Bertz CT molecular complexity index is 729. The van der Waals surface area contributed by atoms with Crippen LogP contribution in [0.25, 0.3) is 0 Å². The van der Waals surface area contributed by atoms with Crippen molar-refractivity contribution in [3.63, 3.8) is 0 Å². The summed E-state index contributed by atoms with van der Waals surface area (Å²) in [7, 11) is -3.78. The number of aromatic nitrogens is 2. The molecule has 2 aromatic heterocycles. The molecule has 0 bridgehead atoms. The average Bonchev–Trinajstić information content (AvgIpc) is 2.99. The third kappa shape index (κ3) is 3.58. The number of sulfonamides is 1. The third-order valence-electron chi connectivity index (χ3n) is 2.39. The number of nitrogens with one attached hydrogen (secondary N) is 2.